The molecule has 10 aliphatic rings. The molecule has 0 spiro atoms. The number of carbonyl (C=O) groups is 8. The quantitative estimate of drug-likeness (QED) is 0.0196. The molecule has 149 heavy (non-hydrogen) atoms. The Morgan fingerprint density at radius 2 is 0.671 bits per heavy atom. The number of alkyl halides is 4. The fraction of sp³-hybridized carbons (Fsp3) is 0.617. The van der Waals surface area contributed by atoms with Crippen LogP contribution in [-0.2, 0) is 20.9 Å². The number of piperidine rings is 1. The molecule has 10 saturated heterocycles. The molecule has 16 rings (SSSR count). The summed E-state index contributed by atoms with van der Waals surface area (Å²) in [6.45, 7) is 40.5. The zero-order valence-corrected chi connectivity index (χ0v) is 90.4. The van der Waals surface area contributed by atoms with Gasteiger partial charge in [-0.15, -0.1) is 0 Å². The van der Waals surface area contributed by atoms with Crippen molar-refractivity contribution < 1.29 is 93.5 Å². The molecule has 0 aromatic heterocycles. The first-order valence-corrected chi connectivity index (χ1v) is 54.9. The minimum absolute atomic E-state index is 0.0251. The number of hydrogen-bond donors (Lipinski definition) is 0. The van der Waals surface area contributed by atoms with E-state index in [1.165, 1.54) is 115 Å². The SMILES string of the molecule is CC(=O)N1CCN(CC(=O)c2ccc(OCCCN3CCC[C@H]3C)c(Cl)c2)CC1.COC(=O)N1CCN(CC(=O)c2ccc(OCCCN3CCC[C@H]3C)c(C)c2)CC1.C[C@@H]1CCCN1CCCOc1ccc(C(=O)CN2CCC(F)(F)C2)cc1F.C[C@@H]1CCCN1CCCOc1ccc(C(=O)CN2CCN(C(=O)OCc3ccccc3)CC2)cc1.Cc1cc(C(=O)CN2CCC(F)(F)CC2)ccc1OCCCN1CCC[C@H]1C. The number of Topliss-reactive ketones (excluding diaryl/α,β-unsaturated/α-hetero) is 5. The molecular weight excluding hydrogens is 1930 g/mol. The Kier molecular flexibility index (Phi) is 47.5. The van der Waals surface area contributed by atoms with E-state index in [4.69, 9.17) is 44.8 Å². The molecule has 820 valence electrons. The van der Waals surface area contributed by atoms with Crippen molar-refractivity contribution in [3.8, 4) is 28.7 Å². The summed E-state index contributed by atoms with van der Waals surface area (Å²) in [6, 6.07) is 41.0. The average Bonchev–Trinajstić information content (AvgIpc) is 1.76. The number of benzene rings is 6. The minimum atomic E-state index is -2.74. The molecule has 6 aromatic carbocycles. The maximum absolute atomic E-state index is 14.2. The van der Waals surface area contributed by atoms with E-state index >= 15 is 0 Å². The number of ketones is 5. The van der Waals surface area contributed by atoms with Crippen molar-refractivity contribution in [2.45, 2.75) is 220 Å². The van der Waals surface area contributed by atoms with Gasteiger partial charge in [-0.2, -0.15) is 0 Å². The van der Waals surface area contributed by atoms with Crippen LogP contribution in [0.1, 0.15) is 226 Å². The van der Waals surface area contributed by atoms with Gasteiger partial charge < -0.3 is 72.4 Å². The van der Waals surface area contributed by atoms with Gasteiger partial charge >= 0.3 is 12.2 Å². The van der Waals surface area contributed by atoms with Gasteiger partial charge in [-0.1, -0.05) is 41.9 Å². The molecule has 0 radical (unpaired) electrons. The van der Waals surface area contributed by atoms with Gasteiger partial charge in [-0.25, -0.2) is 31.5 Å². The number of amides is 3. The summed E-state index contributed by atoms with van der Waals surface area (Å²) in [5, 5.41) is 0.479. The van der Waals surface area contributed by atoms with Crippen LogP contribution in [-0.4, -0.2) is 396 Å². The number of carbonyl (C=O) groups excluding carboxylic acids is 8. The van der Waals surface area contributed by atoms with Crippen LogP contribution < -0.4 is 23.7 Å². The van der Waals surface area contributed by atoms with Gasteiger partial charge in [0.25, 0.3) is 11.8 Å². The summed E-state index contributed by atoms with van der Waals surface area (Å²) in [5.74, 6) is -2.77. The topological polar surface area (TPSA) is 243 Å². The predicted molar refractivity (Wildman–Crippen MR) is 571 cm³/mol. The third-order valence-electron chi connectivity index (χ3n) is 30.5. The van der Waals surface area contributed by atoms with Gasteiger partial charge in [0.2, 0.25) is 5.91 Å². The molecule has 10 aliphatic heterocycles. The van der Waals surface area contributed by atoms with E-state index in [1.54, 1.807) is 41.0 Å². The van der Waals surface area contributed by atoms with Gasteiger partial charge in [0.15, 0.2) is 40.5 Å². The molecule has 10 heterocycles. The summed E-state index contributed by atoms with van der Waals surface area (Å²) in [5.41, 5.74) is 5.69. The lowest BCUT2D eigenvalue weighted by Crippen LogP contribution is -2.50. The molecule has 3 amide bonds. The van der Waals surface area contributed by atoms with Crippen molar-refractivity contribution in [2.24, 2.45) is 0 Å². The van der Waals surface area contributed by atoms with Gasteiger partial charge in [0.05, 0.1) is 84.4 Å². The monoisotopic (exact) mass is 2100 g/mol. The lowest BCUT2D eigenvalue weighted by molar-refractivity contribution is -0.130. The summed E-state index contributed by atoms with van der Waals surface area (Å²) >= 11 is 6.35. The second-order valence-corrected chi connectivity index (χ2v) is 42.2. The van der Waals surface area contributed by atoms with E-state index in [0.717, 1.165) is 124 Å². The van der Waals surface area contributed by atoms with Crippen LogP contribution in [0.5, 0.6) is 28.7 Å². The van der Waals surface area contributed by atoms with Gasteiger partial charge in [-0.3, -0.25) is 53.3 Å². The van der Waals surface area contributed by atoms with Crippen LogP contribution in [0.2, 0.25) is 5.02 Å². The molecule has 6 aromatic rings. The number of rotatable bonds is 42. The van der Waals surface area contributed by atoms with Crippen LogP contribution in [0.3, 0.4) is 0 Å². The number of piperazine rings is 3. The first kappa shape index (κ1) is 118. The second-order valence-electron chi connectivity index (χ2n) is 41.8. The minimum Gasteiger partial charge on any atom is -0.494 e. The molecule has 5 atom stereocenters. The standard InChI is InChI=1S/C28H37N3O4.C23H35N3O4.C22H32ClN3O3.C22H32F2N2O2.C20H27F3N2O2/c1-23-7-5-14-30(23)15-6-20-34-26-12-10-25(11-13-26)27(32)21-29-16-18-31(19-17-29)28(33)35-22-24-8-3-2-4-9-24;1-18-16-20(21(27)17-24-11-13-26(14-12-24)23(28)29-3)7-8-22(18)30-15-5-10-25-9-4-6-19(25)2;1-17-5-3-8-25(17)9-4-14-29-22-7-6-19(15-20(22)23)21(28)16-24-10-12-26(13-11-24)18(2)27;1-17-15-19(20(27)16-25-12-8-22(23,24)9-13-25)6-7-21(17)28-14-4-11-26-10-3-5-18(26)2;1-15-4-2-8-25(15)9-3-11-27-19-6-5-16(12-17(19)21)18(26)13-24-10-7-20(22,23)14-24/h2-4,8-13,23H,5-7,14-22H2,1H3;7-8,16,19H,4-6,9-15,17H2,1-3H3;6-7,15,17H,3-5,8-14,16H2,1-2H3;6-7,15,18H,3-5,8-14,16H2,1-2H3;5-6,12,15H,2-4,7-11,13-14H2,1H3/t23-;19-;17-;18-;15-/m11111/s1. The number of halogens is 6. The molecule has 0 bridgehead atoms. The normalized spacial score (nSPS) is 21.1. The molecule has 0 saturated carbocycles. The van der Waals surface area contributed by atoms with Crippen LogP contribution in [0.4, 0.5) is 31.5 Å². The number of methoxy groups -OCH3 is 1. The van der Waals surface area contributed by atoms with Crippen molar-refractivity contribution >= 4 is 58.6 Å². The maximum atomic E-state index is 14.2. The molecule has 0 aliphatic carbocycles. The van der Waals surface area contributed by atoms with Gasteiger partial charge in [-0.05, 0) is 291 Å². The molecule has 34 heteroatoms. The Morgan fingerprint density at radius 3 is 1.03 bits per heavy atom. The highest BCUT2D eigenvalue weighted by Gasteiger charge is 2.40. The summed E-state index contributed by atoms with van der Waals surface area (Å²) in [4.78, 5) is 125. The lowest BCUT2D eigenvalue weighted by atomic mass is 10.0. The Bertz CT molecular complexity index is 5200. The highest BCUT2D eigenvalue weighted by Crippen LogP contribution is 2.33. The first-order chi connectivity index (χ1) is 71.7. The molecule has 28 nitrogen and oxygen atoms in total. The van der Waals surface area contributed by atoms with E-state index in [1.807, 2.05) is 109 Å². The number of aryl methyl sites for hydroxylation is 2. The highest BCUT2D eigenvalue weighted by atomic mass is 35.5. The van der Waals surface area contributed by atoms with E-state index < -0.39 is 24.2 Å². The first-order valence-electron chi connectivity index (χ1n) is 54.5. The summed E-state index contributed by atoms with van der Waals surface area (Å²) < 4.78 is 106. The molecular formula is C115H163ClF5N13O15. The van der Waals surface area contributed by atoms with E-state index in [-0.39, 0.29) is 117 Å². The van der Waals surface area contributed by atoms with Crippen molar-refractivity contribution in [1.82, 2.24) is 63.7 Å². The van der Waals surface area contributed by atoms with Gasteiger partial charge in [0.1, 0.15) is 29.6 Å². The Hall–Kier alpha value is -9.78. The van der Waals surface area contributed by atoms with E-state index in [0.29, 0.717) is 181 Å². The van der Waals surface area contributed by atoms with Crippen LogP contribution in [0, 0.1) is 19.7 Å². The fourth-order valence-electron chi connectivity index (χ4n) is 21.0. The van der Waals surface area contributed by atoms with Crippen LogP contribution in [0.25, 0.3) is 0 Å². The number of ether oxygens (including phenoxy) is 7. The van der Waals surface area contributed by atoms with Crippen molar-refractivity contribution in [3.63, 3.8) is 0 Å². The maximum Gasteiger partial charge on any atom is 0.410 e. The van der Waals surface area contributed by atoms with E-state index in [9.17, 15) is 60.3 Å². The Morgan fingerprint density at radius 1 is 0.349 bits per heavy atom. The third kappa shape index (κ3) is 38.8. The van der Waals surface area contributed by atoms with E-state index in [2.05, 4.69) is 73.8 Å². The Labute approximate surface area is 885 Å². The molecule has 10 fully saturated rings. The van der Waals surface area contributed by atoms with Gasteiger partial charge in [0, 0.05) is 215 Å². The summed E-state index contributed by atoms with van der Waals surface area (Å²) in [7, 11) is 1.39. The number of likely N-dealkylation sites (tertiary alicyclic amines) is 7. The molecule has 0 unspecified atom stereocenters. The number of nitrogens with zero attached hydrogens (tertiary/aromatic N) is 13. The third-order valence-corrected chi connectivity index (χ3v) is 30.8. The zero-order valence-electron chi connectivity index (χ0n) is 89.6. The highest BCUT2D eigenvalue weighted by molar-refractivity contribution is 6.32. The molecule has 0 N–H and O–H groups in total. The van der Waals surface area contributed by atoms with Crippen molar-refractivity contribution in [3.05, 3.63) is 183 Å². The number of hydrogen-bond acceptors (Lipinski definition) is 25. The lowest BCUT2D eigenvalue weighted by Gasteiger charge is -2.33. The predicted octanol–water partition coefficient (Wildman–Crippen LogP) is 17.6. The fourth-order valence-corrected chi connectivity index (χ4v) is 21.2. The summed E-state index contributed by atoms with van der Waals surface area (Å²) in [6.07, 6.45) is 16.4. The van der Waals surface area contributed by atoms with Crippen molar-refractivity contribution in [2.75, 3.05) is 243 Å². The Balaban J connectivity index is 0.000000166. The zero-order chi connectivity index (χ0) is 106. The van der Waals surface area contributed by atoms with Crippen molar-refractivity contribution in [1.29, 1.82) is 0 Å². The second kappa shape index (κ2) is 60.0. The van der Waals surface area contributed by atoms with Crippen LogP contribution >= 0.6 is 11.6 Å². The smallest absolute Gasteiger partial charge is 0.410 e. The average molecular weight is 2100 g/mol. The largest absolute Gasteiger partial charge is 0.494 e. The van der Waals surface area contributed by atoms with Crippen LogP contribution in [0.15, 0.2) is 127 Å².